The number of hydrogen-bond donors (Lipinski definition) is 0. The Morgan fingerprint density at radius 2 is 1.84 bits per heavy atom. The van der Waals surface area contributed by atoms with Gasteiger partial charge in [-0.15, -0.1) is 0 Å². The number of amides is 1. The number of rotatable bonds is 5. The Morgan fingerprint density at radius 3 is 2.48 bits per heavy atom. The van der Waals surface area contributed by atoms with Crippen molar-refractivity contribution in [2.75, 3.05) is 13.1 Å². The molecular formula is C18H21N5O2. The van der Waals surface area contributed by atoms with Crippen molar-refractivity contribution in [2.45, 2.75) is 27.3 Å². The zero-order chi connectivity index (χ0) is 18.0. The van der Waals surface area contributed by atoms with E-state index >= 15 is 0 Å². The Kier molecular flexibility index (Phi) is 4.65. The zero-order valence-corrected chi connectivity index (χ0v) is 14.6. The van der Waals surface area contributed by atoms with Gasteiger partial charge in [0.2, 0.25) is 5.91 Å². The van der Waals surface area contributed by atoms with Gasteiger partial charge in [-0.2, -0.15) is 10.2 Å². The van der Waals surface area contributed by atoms with Gasteiger partial charge in [-0.25, -0.2) is 9.36 Å². The Hall–Kier alpha value is -2.96. The van der Waals surface area contributed by atoms with Gasteiger partial charge in [-0.3, -0.25) is 9.59 Å². The van der Waals surface area contributed by atoms with Crippen LogP contribution in [0.4, 0.5) is 0 Å². The summed E-state index contributed by atoms with van der Waals surface area (Å²) in [5.41, 5.74) is 1.58. The van der Waals surface area contributed by atoms with E-state index in [9.17, 15) is 9.59 Å². The molecule has 0 spiro atoms. The van der Waals surface area contributed by atoms with Gasteiger partial charge in [-0.1, -0.05) is 18.2 Å². The summed E-state index contributed by atoms with van der Waals surface area (Å²) in [4.78, 5) is 27.0. The lowest BCUT2D eigenvalue weighted by Gasteiger charge is -2.18. The predicted molar refractivity (Wildman–Crippen MR) is 95.8 cm³/mol. The quantitative estimate of drug-likeness (QED) is 0.710. The number of aromatic nitrogens is 4. The van der Waals surface area contributed by atoms with Crippen LogP contribution in [-0.4, -0.2) is 43.5 Å². The minimum Gasteiger partial charge on any atom is -0.342 e. The molecule has 1 aromatic carbocycles. The number of fused-ring (bicyclic) bond motifs is 1. The fourth-order valence-corrected chi connectivity index (χ4v) is 2.90. The van der Waals surface area contributed by atoms with Crippen LogP contribution in [-0.2, 0) is 11.3 Å². The van der Waals surface area contributed by atoms with Gasteiger partial charge in [0.25, 0.3) is 5.56 Å². The van der Waals surface area contributed by atoms with Crippen LogP contribution in [0.25, 0.3) is 16.6 Å². The standard InChI is InChI=1S/C18H21N5O2/c1-4-21(5-2)16(24)12-22-18(25)17-15(13(3)20-22)11-19-23(17)14-9-7-6-8-10-14/h6-11H,4-5,12H2,1-3H3. The molecule has 0 fully saturated rings. The first-order chi connectivity index (χ1) is 12.1. The Morgan fingerprint density at radius 1 is 1.16 bits per heavy atom. The van der Waals surface area contributed by atoms with Gasteiger partial charge in [0.05, 0.1) is 17.6 Å². The molecule has 0 aliphatic carbocycles. The van der Waals surface area contributed by atoms with Crippen LogP contribution in [0.3, 0.4) is 0 Å². The van der Waals surface area contributed by atoms with E-state index in [1.54, 1.807) is 15.8 Å². The van der Waals surface area contributed by atoms with E-state index in [1.165, 1.54) is 4.68 Å². The van der Waals surface area contributed by atoms with Crippen LogP contribution in [0.1, 0.15) is 19.5 Å². The van der Waals surface area contributed by atoms with Crippen LogP contribution >= 0.6 is 0 Å². The van der Waals surface area contributed by atoms with E-state index in [0.717, 1.165) is 5.69 Å². The third-order valence-electron chi connectivity index (χ3n) is 4.27. The van der Waals surface area contributed by atoms with Crippen molar-refractivity contribution in [1.82, 2.24) is 24.5 Å². The molecule has 0 N–H and O–H groups in total. The summed E-state index contributed by atoms with van der Waals surface area (Å²) in [5, 5.41) is 9.34. The van der Waals surface area contributed by atoms with Gasteiger partial charge in [-0.05, 0) is 32.9 Å². The van der Waals surface area contributed by atoms with Crippen molar-refractivity contribution >= 4 is 16.8 Å². The number of carbonyl (C=O) groups excluding carboxylic acids is 1. The SMILES string of the molecule is CCN(CC)C(=O)Cn1nc(C)c2cnn(-c3ccccc3)c2c1=O. The van der Waals surface area contributed by atoms with Crippen molar-refractivity contribution in [3.8, 4) is 5.69 Å². The van der Waals surface area contributed by atoms with Gasteiger partial charge >= 0.3 is 0 Å². The number of para-hydroxylation sites is 1. The van der Waals surface area contributed by atoms with Gasteiger partial charge in [0, 0.05) is 18.5 Å². The summed E-state index contributed by atoms with van der Waals surface area (Å²) in [7, 11) is 0. The molecule has 7 nitrogen and oxygen atoms in total. The first-order valence-electron chi connectivity index (χ1n) is 8.35. The number of carbonyl (C=O) groups is 1. The summed E-state index contributed by atoms with van der Waals surface area (Å²) in [6.45, 7) is 6.78. The van der Waals surface area contributed by atoms with Crippen molar-refractivity contribution in [1.29, 1.82) is 0 Å². The van der Waals surface area contributed by atoms with Crippen LogP contribution in [0.2, 0.25) is 0 Å². The summed E-state index contributed by atoms with van der Waals surface area (Å²) in [6.07, 6.45) is 1.64. The maximum Gasteiger partial charge on any atom is 0.293 e. The molecular weight excluding hydrogens is 318 g/mol. The number of benzene rings is 1. The van der Waals surface area contributed by atoms with Crippen LogP contribution in [0, 0.1) is 6.92 Å². The Labute approximate surface area is 145 Å². The molecule has 0 unspecified atom stereocenters. The summed E-state index contributed by atoms with van der Waals surface area (Å²) in [5.74, 6) is -0.121. The largest absolute Gasteiger partial charge is 0.342 e. The predicted octanol–water partition coefficient (Wildman–Crippen LogP) is 1.76. The molecule has 3 rings (SSSR count). The van der Waals surface area contributed by atoms with E-state index in [1.807, 2.05) is 51.1 Å². The van der Waals surface area contributed by atoms with Gasteiger partial charge < -0.3 is 4.90 Å². The average Bonchev–Trinajstić information content (AvgIpc) is 3.07. The third kappa shape index (κ3) is 3.05. The van der Waals surface area contributed by atoms with E-state index < -0.39 is 0 Å². The highest BCUT2D eigenvalue weighted by Gasteiger charge is 2.18. The van der Waals surface area contributed by atoms with Crippen molar-refractivity contribution in [3.05, 3.63) is 52.6 Å². The summed E-state index contributed by atoms with van der Waals surface area (Å²) < 4.78 is 2.84. The average molecular weight is 339 g/mol. The van der Waals surface area contributed by atoms with E-state index in [-0.39, 0.29) is 18.0 Å². The van der Waals surface area contributed by atoms with Crippen LogP contribution < -0.4 is 5.56 Å². The maximum atomic E-state index is 12.9. The van der Waals surface area contributed by atoms with E-state index in [2.05, 4.69) is 10.2 Å². The second kappa shape index (κ2) is 6.88. The third-order valence-corrected chi connectivity index (χ3v) is 4.27. The lowest BCUT2D eigenvalue weighted by molar-refractivity contribution is -0.131. The lowest BCUT2D eigenvalue weighted by Crippen LogP contribution is -2.37. The van der Waals surface area contributed by atoms with Crippen molar-refractivity contribution < 1.29 is 4.79 Å². The summed E-state index contributed by atoms with van der Waals surface area (Å²) >= 11 is 0. The molecule has 0 aliphatic heterocycles. The molecule has 0 saturated heterocycles. The lowest BCUT2D eigenvalue weighted by atomic mass is 10.2. The molecule has 0 saturated carbocycles. The van der Waals surface area contributed by atoms with Crippen LogP contribution in [0.5, 0.6) is 0 Å². The van der Waals surface area contributed by atoms with E-state index in [0.29, 0.717) is 29.7 Å². The fourth-order valence-electron chi connectivity index (χ4n) is 2.90. The molecule has 1 amide bonds. The summed E-state index contributed by atoms with van der Waals surface area (Å²) in [6, 6.07) is 9.45. The topological polar surface area (TPSA) is 73.0 Å². The number of likely N-dealkylation sites (N-methyl/N-ethyl adjacent to an activating group) is 1. The first-order valence-corrected chi connectivity index (χ1v) is 8.35. The molecule has 7 heteroatoms. The molecule has 0 aliphatic rings. The van der Waals surface area contributed by atoms with Crippen LogP contribution in [0.15, 0.2) is 41.3 Å². The molecule has 0 bridgehead atoms. The molecule has 2 heterocycles. The second-order valence-electron chi connectivity index (χ2n) is 5.77. The molecule has 0 atom stereocenters. The molecule has 25 heavy (non-hydrogen) atoms. The fraction of sp³-hybridized carbons (Fsp3) is 0.333. The van der Waals surface area contributed by atoms with Gasteiger partial charge in [0.15, 0.2) is 0 Å². The zero-order valence-electron chi connectivity index (χ0n) is 14.6. The van der Waals surface area contributed by atoms with Crippen molar-refractivity contribution in [3.63, 3.8) is 0 Å². The normalized spacial score (nSPS) is 11.0. The van der Waals surface area contributed by atoms with E-state index in [4.69, 9.17) is 0 Å². The number of nitrogens with zero attached hydrogens (tertiary/aromatic N) is 5. The number of hydrogen-bond acceptors (Lipinski definition) is 4. The first kappa shape index (κ1) is 16.9. The smallest absolute Gasteiger partial charge is 0.293 e. The highest BCUT2D eigenvalue weighted by atomic mass is 16.2. The molecule has 2 aromatic heterocycles. The minimum absolute atomic E-state index is 0.0722. The van der Waals surface area contributed by atoms with Crippen molar-refractivity contribution in [2.24, 2.45) is 0 Å². The number of aryl methyl sites for hydroxylation is 1. The minimum atomic E-state index is -0.317. The van der Waals surface area contributed by atoms with Gasteiger partial charge in [0.1, 0.15) is 12.1 Å². The Bertz CT molecular complexity index is 955. The highest BCUT2D eigenvalue weighted by Crippen LogP contribution is 2.16. The maximum absolute atomic E-state index is 12.9. The molecule has 0 radical (unpaired) electrons. The Balaban J connectivity index is 2.12. The monoisotopic (exact) mass is 339 g/mol. The highest BCUT2D eigenvalue weighted by molar-refractivity contribution is 5.82. The molecule has 3 aromatic rings. The molecule has 130 valence electrons. The second-order valence-corrected chi connectivity index (χ2v) is 5.77.